The second kappa shape index (κ2) is 10.4. The van der Waals surface area contributed by atoms with E-state index in [1.165, 1.54) is 60.1 Å². The SMILES string of the molecule is c1ccc(-c2ccc(-c3c4ccccc4c(-c4ccc5c(c4)oc4ccc6c7ccccc7oc6c45)c4ccccc34)c3ccccc23)cc1. The summed E-state index contributed by atoms with van der Waals surface area (Å²) in [5, 5.41) is 11.7. The van der Waals surface area contributed by atoms with E-state index in [0.717, 1.165) is 49.4 Å². The van der Waals surface area contributed by atoms with Gasteiger partial charge >= 0.3 is 0 Å². The number of para-hydroxylation sites is 1. The molecule has 0 fully saturated rings. The lowest BCUT2D eigenvalue weighted by Gasteiger charge is -2.19. The Kier molecular flexibility index (Phi) is 5.70. The molecule has 0 aliphatic heterocycles. The summed E-state index contributed by atoms with van der Waals surface area (Å²) in [5.74, 6) is 0. The van der Waals surface area contributed by atoms with Crippen molar-refractivity contribution in [3.05, 3.63) is 170 Å². The molecule has 0 saturated carbocycles. The summed E-state index contributed by atoms with van der Waals surface area (Å²) in [6.07, 6.45) is 0. The van der Waals surface area contributed by atoms with E-state index in [2.05, 4.69) is 158 Å². The van der Waals surface area contributed by atoms with Crippen LogP contribution in [0.2, 0.25) is 0 Å². The molecular formula is C48H28O2. The second-order valence-corrected chi connectivity index (χ2v) is 13.1. The smallest absolute Gasteiger partial charge is 0.147 e. The predicted molar refractivity (Wildman–Crippen MR) is 210 cm³/mol. The third-order valence-electron chi connectivity index (χ3n) is 10.5. The molecule has 0 amide bonds. The van der Waals surface area contributed by atoms with E-state index in [1.54, 1.807) is 0 Å². The average Bonchev–Trinajstić information content (AvgIpc) is 3.75. The fraction of sp³-hybridized carbons (Fsp3) is 0. The zero-order chi connectivity index (χ0) is 32.8. The van der Waals surface area contributed by atoms with Crippen molar-refractivity contribution >= 4 is 76.2 Å². The molecule has 0 radical (unpaired) electrons. The van der Waals surface area contributed by atoms with Gasteiger partial charge in [0.25, 0.3) is 0 Å². The van der Waals surface area contributed by atoms with Gasteiger partial charge in [-0.3, -0.25) is 0 Å². The Bertz CT molecular complexity index is 3080. The average molecular weight is 637 g/mol. The fourth-order valence-corrected chi connectivity index (χ4v) is 8.31. The summed E-state index contributed by atoms with van der Waals surface area (Å²) < 4.78 is 13.0. The maximum atomic E-state index is 6.57. The minimum Gasteiger partial charge on any atom is -0.456 e. The first-order valence-electron chi connectivity index (χ1n) is 17.1. The van der Waals surface area contributed by atoms with Crippen LogP contribution in [0.1, 0.15) is 0 Å². The van der Waals surface area contributed by atoms with Gasteiger partial charge in [-0.2, -0.15) is 0 Å². The van der Waals surface area contributed by atoms with Crippen LogP contribution in [-0.2, 0) is 0 Å². The van der Waals surface area contributed by atoms with Crippen LogP contribution in [-0.4, -0.2) is 0 Å². The van der Waals surface area contributed by atoms with Crippen molar-refractivity contribution < 1.29 is 8.83 Å². The van der Waals surface area contributed by atoms with E-state index < -0.39 is 0 Å². The molecule has 11 rings (SSSR count). The van der Waals surface area contributed by atoms with Gasteiger partial charge in [0.05, 0.1) is 5.39 Å². The van der Waals surface area contributed by atoms with Crippen LogP contribution in [0.15, 0.2) is 179 Å². The van der Waals surface area contributed by atoms with Crippen LogP contribution < -0.4 is 0 Å². The molecular weight excluding hydrogens is 609 g/mol. The van der Waals surface area contributed by atoms with Gasteiger partial charge in [-0.15, -0.1) is 0 Å². The normalized spacial score (nSPS) is 12.0. The number of fused-ring (bicyclic) bond motifs is 10. The van der Waals surface area contributed by atoms with Gasteiger partial charge in [-0.25, -0.2) is 0 Å². The topological polar surface area (TPSA) is 26.3 Å². The fourth-order valence-electron chi connectivity index (χ4n) is 8.31. The van der Waals surface area contributed by atoms with E-state index in [1.807, 2.05) is 12.1 Å². The lowest BCUT2D eigenvalue weighted by Crippen LogP contribution is -1.92. The predicted octanol–water partition coefficient (Wildman–Crippen LogP) is 13.9. The molecule has 0 spiro atoms. The molecule has 0 aliphatic carbocycles. The quantitative estimate of drug-likeness (QED) is 0.180. The molecule has 11 aromatic rings. The van der Waals surface area contributed by atoms with Crippen LogP contribution in [0.4, 0.5) is 0 Å². The third-order valence-corrected chi connectivity index (χ3v) is 10.5. The van der Waals surface area contributed by atoms with Crippen LogP contribution in [0, 0.1) is 0 Å². The summed E-state index contributed by atoms with van der Waals surface area (Å²) >= 11 is 0. The van der Waals surface area contributed by atoms with Crippen molar-refractivity contribution in [1.82, 2.24) is 0 Å². The van der Waals surface area contributed by atoms with Crippen molar-refractivity contribution in [3.8, 4) is 33.4 Å². The maximum Gasteiger partial charge on any atom is 0.147 e. The van der Waals surface area contributed by atoms with E-state index in [4.69, 9.17) is 8.83 Å². The zero-order valence-corrected chi connectivity index (χ0v) is 27.0. The number of rotatable bonds is 3. The van der Waals surface area contributed by atoms with Gasteiger partial charge in [0.2, 0.25) is 0 Å². The molecule has 0 atom stereocenters. The maximum absolute atomic E-state index is 6.57. The van der Waals surface area contributed by atoms with Gasteiger partial charge in [0.15, 0.2) is 0 Å². The van der Waals surface area contributed by atoms with E-state index in [0.29, 0.717) is 0 Å². The molecule has 0 saturated heterocycles. The summed E-state index contributed by atoms with van der Waals surface area (Å²) in [7, 11) is 0. The minimum atomic E-state index is 0.833. The number of hydrogen-bond acceptors (Lipinski definition) is 2. The van der Waals surface area contributed by atoms with Crippen LogP contribution >= 0.6 is 0 Å². The Balaban J connectivity index is 1.18. The molecule has 2 nitrogen and oxygen atoms in total. The number of benzene rings is 9. The molecule has 50 heavy (non-hydrogen) atoms. The first kappa shape index (κ1) is 27.3. The van der Waals surface area contributed by atoms with E-state index in [-0.39, 0.29) is 0 Å². The minimum absolute atomic E-state index is 0.833. The van der Waals surface area contributed by atoms with Gasteiger partial charge in [0, 0.05) is 16.2 Å². The molecule has 0 bridgehead atoms. The zero-order valence-electron chi connectivity index (χ0n) is 27.0. The summed E-state index contributed by atoms with van der Waals surface area (Å²) in [6, 6.07) is 60.9. The Morgan fingerprint density at radius 2 is 0.840 bits per heavy atom. The molecule has 0 unspecified atom stereocenters. The number of furan rings is 2. The Labute approximate surface area is 287 Å². The molecule has 0 N–H and O–H groups in total. The van der Waals surface area contributed by atoms with Gasteiger partial charge in [0.1, 0.15) is 22.3 Å². The first-order valence-corrected chi connectivity index (χ1v) is 17.1. The summed E-state index contributed by atoms with van der Waals surface area (Å²) in [6.45, 7) is 0. The van der Waals surface area contributed by atoms with Crippen molar-refractivity contribution in [1.29, 1.82) is 0 Å². The van der Waals surface area contributed by atoms with Gasteiger partial charge in [-0.05, 0) is 96.0 Å². The van der Waals surface area contributed by atoms with Crippen molar-refractivity contribution in [2.45, 2.75) is 0 Å². The van der Waals surface area contributed by atoms with E-state index in [9.17, 15) is 0 Å². The van der Waals surface area contributed by atoms with Crippen LogP contribution in [0.5, 0.6) is 0 Å². The highest BCUT2D eigenvalue weighted by atomic mass is 16.3. The van der Waals surface area contributed by atoms with Crippen molar-refractivity contribution in [2.24, 2.45) is 0 Å². The van der Waals surface area contributed by atoms with Crippen molar-refractivity contribution in [2.75, 3.05) is 0 Å². The molecule has 0 aliphatic rings. The monoisotopic (exact) mass is 636 g/mol. The second-order valence-electron chi connectivity index (χ2n) is 13.1. The van der Waals surface area contributed by atoms with Crippen LogP contribution in [0.3, 0.4) is 0 Å². The third kappa shape index (κ3) is 3.85. The molecule has 232 valence electrons. The Morgan fingerprint density at radius 1 is 0.280 bits per heavy atom. The molecule has 2 aromatic heterocycles. The Hall–Kier alpha value is -6.64. The Morgan fingerprint density at radius 3 is 1.56 bits per heavy atom. The summed E-state index contributed by atoms with van der Waals surface area (Å²) in [4.78, 5) is 0. The largest absolute Gasteiger partial charge is 0.456 e. The molecule has 2 heterocycles. The first-order chi connectivity index (χ1) is 24.8. The van der Waals surface area contributed by atoms with Crippen molar-refractivity contribution in [3.63, 3.8) is 0 Å². The number of hydrogen-bond donors (Lipinski definition) is 0. The highest BCUT2D eigenvalue weighted by Gasteiger charge is 2.21. The molecule has 9 aromatic carbocycles. The highest BCUT2D eigenvalue weighted by molar-refractivity contribution is 6.26. The lowest BCUT2D eigenvalue weighted by atomic mass is 9.83. The van der Waals surface area contributed by atoms with Crippen LogP contribution in [0.25, 0.3) is 110 Å². The molecule has 2 heteroatoms. The lowest BCUT2D eigenvalue weighted by molar-refractivity contribution is 0.663. The highest BCUT2D eigenvalue weighted by Crippen LogP contribution is 2.47. The standard InChI is InChI=1S/C48H28O2/c1-2-12-29(13-3-1)31-24-25-39(33-15-5-4-14-32(31)33)46-37-19-8-6-17-35(37)45(36-18-7-9-20-38(36)46)30-22-23-41-44(28-30)49-43-27-26-40-34-16-10-11-21-42(34)50-48(40)47(41)43/h1-28H. The summed E-state index contributed by atoms with van der Waals surface area (Å²) in [5.41, 5.74) is 10.8. The van der Waals surface area contributed by atoms with Gasteiger partial charge < -0.3 is 8.83 Å². The van der Waals surface area contributed by atoms with Gasteiger partial charge in [-0.1, -0.05) is 140 Å². The van der Waals surface area contributed by atoms with E-state index >= 15 is 0 Å².